The number of carbonyl (C=O) groups is 1. The molecule has 0 saturated carbocycles. The first kappa shape index (κ1) is 21.3. The van der Waals surface area contributed by atoms with Gasteiger partial charge >= 0.3 is 0 Å². The number of halogens is 2. The second-order valence-electron chi connectivity index (χ2n) is 8.55. The molecule has 6 heteroatoms. The summed E-state index contributed by atoms with van der Waals surface area (Å²) in [4.78, 5) is 18.1. The monoisotopic (exact) mass is 466 g/mol. The molecule has 1 saturated heterocycles. The molecule has 0 aliphatic carbocycles. The van der Waals surface area contributed by atoms with Gasteiger partial charge in [0.15, 0.2) is 0 Å². The molecular weight excluding hydrogens is 443 g/mol. The standard InChI is InChI=1S/C26H24Cl2N2O2/c1-32-20-9-7-19(8-10-20)16-30-24-14-23(28)22(27)13-21(24)26(25(30)31)11-12-29(17-26)15-18-5-3-2-4-6-18/h2-10,13-14H,11-12,15-17H2,1H3. The zero-order chi connectivity index (χ0) is 22.3. The maximum absolute atomic E-state index is 13.9. The number of nitrogens with zero attached hydrogens (tertiary/aromatic N) is 2. The van der Waals surface area contributed by atoms with Crippen LogP contribution in [0.4, 0.5) is 5.69 Å². The Morgan fingerprint density at radius 2 is 1.62 bits per heavy atom. The van der Waals surface area contributed by atoms with E-state index in [9.17, 15) is 4.79 Å². The second-order valence-corrected chi connectivity index (χ2v) is 9.37. The molecule has 3 aromatic carbocycles. The molecule has 2 aliphatic rings. The summed E-state index contributed by atoms with van der Waals surface area (Å²) in [6.07, 6.45) is 0.767. The van der Waals surface area contributed by atoms with Crippen LogP contribution in [0.15, 0.2) is 66.7 Å². The molecule has 0 radical (unpaired) electrons. The van der Waals surface area contributed by atoms with E-state index in [0.29, 0.717) is 23.1 Å². The fourth-order valence-electron chi connectivity index (χ4n) is 4.96. The fourth-order valence-corrected chi connectivity index (χ4v) is 5.28. The van der Waals surface area contributed by atoms with Gasteiger partial charge in [-0.2, -0.15) is 0 Å². The topological polar surface area (TPSA) is 32.8 Å². The van der Waals surface area contributed by atoms with E-state index in [4.69, 9.17) is 27.9 Å². The van der Waals surface area contributed by atoms with Crippen LogP contribution < -0.4 is 9.64 Å². The third kappa shape index (κ3) is 3.66. The van der Waals surface area contributed by atoms with Crippen molar-refractivity contribution in [3.63, 3.8) is 0 Å². The number of hydrogen-bond donors (Lipinski definition) is 0. The summed E-state index contributed by atoms with van der Waals surface area (Å²) in [7, 11) is 1.64. The van der Waals surface area contributed by atoms with E-state index in [-0.39, 0.29) is 5.91 Å². The van der Waals surface area contributed by atoms with Crippen molar-refractivity contribution in [1.29, 1.82) is 0 Å². The molecule has 4 nitrogen and oxygen atoms in total. The number of benzene rings is 3. The zero-order valence-corrected chi connectivity index (χ0v) is 19.4. The Hall–Kier alpha value is -2.53. The van der Waals surface area contributed by atoms with Crippen LogP contribution in [0.3, 0.4) is 0 Å². The minimum absolute atomic E-state index is 0.122. The highest BCUT2D eigenvalue weighted by molar-refractivity contribution is 6.42. The van der Waals surface area contributed by atoms with Crippen molar-refractivity contribution < 1.29 is 9.53 Å². The van der Waals surface area contributed by atoms with E-state index in [1.165, 1.54) is 5.56 Å². The minimum atomic E-state index is -0.592. The molecule has 3 aromatic rings. The van der Waals surface area contributed by atoms with Crippen LogP contribution in [0.1, 0.15) is 23.1 Å². The molecule has 0 aromatic heterocycles. The number of ether oxygens (including phenoxy) is 1. The average Bonchev–Trinajstić information content (AvgIpc) is 3.32. The predicted octanol–water partition coefficient (Wildman–Crippen LogP) is 5.69. The lowest BCUT2D eigenvalue weighted by atomic mass is 9.81. The van der Waals surface area contributed by atoms with E-state index in [0.717, 1.165) is 42.1 Å². The maximum atomic E-state index is 13.9. The zero-order valence-electron chi connectivity index (χ0n) is 17.9. The Bertz CT molecular complexity index is 1150. The lowest BCUT2D eigenvalue weighted by molar-refractivity contribution is -0.123. The quantitative estimate of drug-likeness (QED) is 0.483. The molecule has 2 aliphatic heterocycles. The molecule has 2 heterocycles. The number of amides is 1. The number of hydrogen-bond acceptors (Lipinski definition) is 3. The first-order valence-corrected chi connectivity index (χ1v) is 11.5. The van der Waals surface area contributed by atoms with Crippen molar-refractivity contribution in [3.05, 3.63) is 93.5 Å². The van der Waals surface area contributed by atoms with Gasteiger partial charge in [-0.05, 0) is 53.9 Å². The Kier molecular flexibility index (Phi) is 5.62. The Labute approximate surface area is 198 Å². The van der Waals surface area contributed by atoms with Gasteiger partial charge < -0.3 is 9.64 Å². The Morgan fingerprint density at radius 3 is 2.34 bits per heavy atom. The summed E-state index contributed by atoms with van der Waals surface area (Å²) >= 11 is 12.8. The number of carbonyl (C=O) groups excluding carboxylic acids is 1. The Morgan fingerprint density at radius 1 is 0.938 bits per heavy atom. The van der Waals surface area contributed by atoms with Gasteiger partial charge in [-0.1, -0.05) is 65.7 Å². The first-order chi connectivity index (χ1) is 15.5. The van der Waals surface area contributed by atoms with Gasteiger partial charge in [-0.25, -0.2) is 0 Å². The smallest absolute Gasteiger partial charge is 0.239 e. The van der Waals surface area contributed by atoms with Gasteiger partial charge in [0.1, 0.15) is 5.75 Å². The number of anilines is 1. The molecule has 1 spiro atoms. The number of methoxy groups -OCH3 is 1. The van der Waals surface area contributed by atoms with E-state index in [1.54, 1.807) is 7.11 Å². The highest BCUT2D eigenvalue weighted by atomic mass is 35.5. The molecule has 32 heavy (non-hydrogen) atoms. The van der Waals surface area contributed by atoms with Crippen molar-refractivity contribution in [2.75, 3.05) is 25.1 Å². The largest absolute Gasteiger partial charge is 0.497 e. The van der Waals surface area contributed by atoms with Crippen molar-refractivity contribution in [2.45, 2.75) is 24.9 Å². The lowest BCUT2D eigenvalue weighted by Gasteiger charge is -2.25. The van der Waals surface area contributed by atoms with Crippen LogP contribution in [0.25, 0.3) is 0 Å². The van der Waals surface area contributed by atoms with Crippen molar-refractivity contribution >= 4 is 34.8 Å². The maximum Gasteiger partial charge on any atom is 0.239 e. The molecular formula is C26H24Cl2N2O2. The predicted molar refractivity (Wildman–Crippen MR) is 129 cm³/mol. The van der Waals surface area contributed by atoms with Crippen LogP contribution in [0.2, 0.25) is 10.0 Å². The summed E-state index contributed by atoms with van der Waals surface area (Å²) in [5.74, 6) is 0.915. The normalized spacial score (nSPS) is 20.2. The third-order valence-corrected chi connectivity index (χ3v) is 7.32. The van der Waals surface area contributed by atoms with E-state index in [1.807, 2.05) is 47.4 Å². The van der Waals surface area contributed by atoms with Gasteiger partial charge in [0.25, 0.3) is 0 Å². The SMILES string of the molecule is COc1ccc(CN2C(=O)C3(CCN(Cc4ccccc4)C3)c3cc(Cl)c(Cl)cc32)cc1. The summed E-state index contributed by atoms with van der Waals surface area (Å²) in [6.45, 7) is 2.83. The molecule has 5 rings (SSSR count). The molecule has 164 valence electrons. The lowest BCUT2D eigenvalue weighted by Crippen LogP contribution is -2.42. The van der Waals surface area contributed by atoms with Crippen LogP contribution in [-0.2, 0) is 23.3 Å². The third-order valence-electron chi connectivity index (χ3n) is 6.60. The van der Waals surface area contributed by atoms with Crippen LogP contribution in [0.5, 0.6) is 5.75 Å². The fraction of sp³-hybridized carbons (Fsp3) is 0.269. The molecule has 1 atom stereocenters. The summed E-state index contributed by atoms with van der Waals surface area (Å²) < 4.78 is 5.26. The van der Waals surface area contributed by atoms with Crippen LogP contribution in [0, 0.1) is 0 Å². The van der Waals surface area contributed by atoms with Crippen LogP contribution in [-0.4, -0.2) is 31.0 Å². The van der Waals surface area contributed by atoms with Crippen molar-refractivity contribution in [1.82, 2.24) is 4.90 Å². The van der Waals surface area contributed by atoms with Gasteiger partial charge in [-0.3, -0.25) is 9.69 Å². The highest BCUT2D eigenvalue weighted by Gasteiger charge is 2.54. The molecule has 1 fully saturated rings. The van der Waals surface area contributed by atoms with E-state index >= 15 is 0 Å². The summed E-state index contributed by atoms with van der Waals surface area (Å²) in [5.41, 5.74) is 3.54. The number of rotatable bonds is 5. The van der Waals surface area contributed by atoms with E-state index < -0.39 is 5.41 Å². The second kappa shape index (κ2) is 8.43. The van der Waals surface area contributed by atoms with Crippen molar-refractivity contribution in [2.24, 2.45) is 0 Å². The molecule has 0 bridgehead atoms. The van der Waals surface area contributed by atoms with Crippen LogP contribution >= 0.6 is 23.2 Å². The van der Waals surface area contributed by atoms with Gasteiger partial charge in [0.2, 0.25) is 5.91 Å². The average molecular weight is 467 g/mol. The van der Waals surface area contributed by atoms with E-state index in [2.05, 4.69) is 29.2 Å². The first-order valence-electron chi connectivity index (χ1n) is 10.7. The van der Waals surface area contributed by atoms with Crippen molar-refractivity contribution in [3.8, 4) is 5.75 Å². The number of likely N-dealkylation sites (tertiary alicyclic amines) is 1. The van der Waals surface area contributed by atoms with Gasteiger partial charge in [0, 0.05) is 18.8 Å². The minimum Gasteiger partial charge on any atom is -0.497 e. The highest BCUT2D eigenvalue weighted by Crippen LogP contribution is 2.50. The summed E-state index contributed by atoms with van der Waals surface area (Å²) in [5, 5.41) is 0.958. The Balaban J connectivity index is 1.47. The summed E-state index contributed by atoms with van der Waals surface area (Å²) in [6, 6.07) is 21.9. The molecule has 0 N–H and O–H groups in total. The van der Waals surface area contributed by atoms with Gasteiger partial charge in [0.05, 0.1) is 29.1 Å². The molecule has 1 amide bonds. The molecule has 1 unspecified atom stereocenters. The van der Waals surface area contributed by atoms with Gasteiger partial charge in [-0.15, -0.1) is 0 Å². The number of fused-ring (bicyclic) bond motifs is 2.